The van der Waals surface area contributed by atoms with Gasteiger partial charge < -0.3 is 4.74 Å². The highest BCUT2D eigenvalue weighted by molar-refractivity contribution is 9.10. The van der Waals surface area contributed by atoms with Crippen molar-refractivity contribution in [2.24, 2.45) is 5.10 Å². The van der Waals surface area contributed by atoms with E-state index in [1.165, 1.54) is 0 Å². The maximum atomic E-state index is 11.6. The lowest BCUT2D eigenvalue weighted by Gasteiger charge is -2.06. The second kappa shape index (κ2) is 7.96. The molecular weight excluding hydrogens is 368 g/mol. The summed E-state index contributed by atoms with van der Waals surface area (Å²) in [7, 11) is 0. The summed E-state index contributed by atoms with van der Waals surface area (Å²) in [6.45, 7) is 1.76. The molecule has 1 N–H and O–H groups in total. The molecule has 22 heavy (non-hydrogen) atoms. The van der Waals surface area contributed by atoms with Crippen molar-refractivity contribution >= 4 is 39.7 Å². The molecule has 0 aliphatic heterocycles. The number of rotatable bonds is 5. The Hall–Kier alpha value is -1.85. The molecular formula is C16H14BrClN2O2. The van der Waals surface area contributed by atoms with Gasteiger partial charge in [-0.15, -0.1) is 0 Å². The van der Waals surface area contributed by atoms with Gasteiger partial charge in [-0.1, -0.05) is 39.7 Å². The minimum absolute atomic E-state index is 0.114. The molecule has 6 heteroatoms. The van der Waals surface area contributed by atoms with E-state index in [4.69, 9.17) is 16.3 Å². The zero-order valence-electron chi connectivity index (χ0n) is 11.8. The Labute approximate surface area is 142 Å². The molecule has 2 aromatic rings. The van der Waals surface area contributed by atoms with Gasteiger partial charge >= 0.3 is 0 Å². The van der Waals surface area contributed by atoms with Crippen LogP contribution in [0.25, 0.3) is 0 Å². The van der Waals surface area contributed by atoms with Crippen molar-refractivity contribution in [3.63, 3.8) is 0 Å². The van der Waals surface area contributed by atoms with E-state index in [0.29, 0.717) is 10.8 Å². The standard InChI is InChI=1S/C16H14BrClN2O2/c1-11-7-14(5-6-15(11)18)22-10-16(21)20-19-9-12-3-2-4-13(17)8-12/h2-9H,10H2,1H3,(H,20,21). The second-order valence-electron chi connectivity index (χ2n) is 4.55. The summed E-state index contributed by atoms with van der Waals surface area (Å²) >= 11 is 9.29. The predicted octanol–water partition coefficient (Wildman–Crippen LogP) is 3.94. The van der Waals surface area contributed by atoms with Crippen molar-refractivity contribution < 1.29 is 9.53 Å². The average Bonchev–Trinajstić information content (AvgIpc) is 2.48. The molecule has 114 valence electrons. The number of carbonyl (C=O) groups excluding carboxylic acids is 1. The molecule has 0 aromatic heterocycles. The van der Waals surface area contributed by atoms with Crippen molar-refractivity contribution in [2.75, 3.05) is 6.61 Å². The summed E-state index contributed by atoms with van der Waals surface area (Å²) < 4.78 is 6.32. The predicted molar refractivity (Wildman–Crippen MR) is 91.6 cm³/mol. The molecule has 2 rings (SSSR count). The van der Waals surface area contributed by atoms with E-state index in [-0.39, 0.29) is 12.5 Å². The van der Waals surface area contributed by atoms with Crippen LogP contribution >= 0.6 is 27.5 Å². The molecule has 0 unspecified atom stereocenters. The van der Waals surface area contributed by atoms with Gasteiger partial charge in [-0.25, -0.2) is 5.43 Å². The summed E-state index contributed by atoms with van der Waals surface area (Å²) in [6, 6.07) is 12.8. The summed E-state index contributed by atoms with van der Waals surface area (Å²) in [5.41, 5.74) is 4.19. The van der Waals surface area contributed by atoms with Crippen LogP contribution in [0.2, 0.25) is 5.02 Å². The average molecular weight is 382 g/mol. The van der Waals surface area contributed by atoms with Gasteiger partial charge in [0.05, 0.1) is 6.21 Å². The monoisotopic (exact) mass is 380 g/mol. The molecule has 0 spiro atoms. The van der Waals surface area contributed by atoms with Crippen LogP contribution in [-0.2, 0) is 4.79 Å². The first-order valence-electron chi connectivity index (χ1n) is 6.51. The van der Waals surface area contributed by atoms with E-state index < -0.39 is 0 Å². The van der Waals surface area contributed by atoms with Crippen LogP contribution in [0.1, 0.15) is 11.1 Å². The van der Waals surface area contributed by atoms with Gasteiger partial charge in [0.25, 0.3) is 5.91 Å². The number of halogens is 2. The Kier molecular flexibility index (Phi) is 5.98. The molecule has 0 saturated heterocycles. The Bertz CT molecular complexity index is 704. The number of ether oxygens (including phenoxy) is 1. The first-order chi connectivity index (χ1) is 10.5. The van der Waals surface area contributed by atoms with Crippen molar-refractivity contribution in [3.05, 3.63) is 63.1 Å². The molecule has 0 aliphatic carbocycles. The fraction of sp³-hybridized carbons (Fsp3) is 0.125. The van der Waals surface area contributed by atoms with E-state index >= 15 is 0 Å². The van der Waals surface area contributed by atoms with Crippen molar-refractivity contribution in [3.8, 4) is 5.75 Å². The van der Waals surface area contributed by atoms with Gasteiger partial charge in [-0.05, 0) is 48.4 Å². The van der Waals surface area contributed by atoms with Gasteiger partial charge in [0, 0.05) is 9.50 Å². The first kappa shape index (κ1) is 16.5. The zero-order chi connectivity index (χ0) is 15.9. The van der Waals surface area contributed by atoms with Crippen LogP contribution in [0.4, 0.5) is 0 Å². The lowest BCUT2D eigenvalue weighted by molar-refractivity contribution is -0.123. The maximum Gasteiger partial charge on any atom is 0.277 e. The van der Waals surface area contributed by atoms with Crippen LogP contribution in [-0.4, -0.2) is 18.7 Å². The highest BCUT2D eigenvalue weighted by atomic mass is 79.9. The topological polar surface area (TPSA) is 50.7 Å². The Morgan fingerprint density at radius 1 is 1.36 bits per heavy atom. The Morgan fingerprint density at radius 2 is 2.18 bits per heavy atom. The molecule has 0 heterocycles. The third-order valence-electron chi connectivity index (χ3n) is 2.75. The fourth-order valence-electron chi connectivity index (χ4n) is 1.65. The van der Waals surface area contributed by atoms with Gasteiger partial charge in [0.2, 0.25) is 0 Å². The van der Waals surface area contributed by atoms with Gasteiger partial charge in [-0.2, -0.15) is 5.10 Å². The molecule has 0 saturated carbocycles. The van der Waals surface area contributed by atoms with E-state index in [0.717, 1.165) is 15.6 Å². The number of hydrazone groups is 1. The number of hydrogen-bond acceptors (Lipinski definition) is 3. The van der Waals surface area contributed by atoms with Gasteiger partial charge in [0.1, 0.15) is 5.75 Å². The summed E-state index contributed by atoms with van der Waals surface area (Å²) in [6.07, 6.45) is 1.56. The third-order valence-corrected chi connectivity index (χ3v) is 3.67. The third kappa shape index (κ3) is 5.16. The largest absolute Gasteiger partial charge is 0.484 e. The number of amides is 1. The second-order valence-corrected chi connectivity index (χ2v) is 5.87. The molecule has 4 nitrogen and oxygen atoms in total. The normalized spacial score (nSPS) is 10.7. The number of nitrogens with zero attached hydrogens (tertiary/aromatic N) is 1. The maximum absolute atomic E-state index is 11.6. The van der Waals surface area contributed by atoms with E-state index in [1.54, 1.807) is 24.4 Å². The molecule has 0 radical (unpaired) electrons. The summed E-state index contributed by atoms with van der Waals surface area (Å²) in [5, 5.41) is 4.54. The van der Waals surface area contributed by atoms with Gasteiger partial charge in [-0.3, -0.25) is 4.79 Å². The summed E-state index contributed by atoms with van der Waals surface area (Å²) in [5.74, 6) is 0.256. The minimum Gasteiger partial charge on any atom is -0.484 e. The number of nitrogens with one attached hydrogen (secondary N) is 1. The zero-order valence-corrected chi connectivity index (χ0v) is 14.2. The lowest BCUT2D eigenvalue weighted by Crippen LogP contribution is -2.24. The van der Waals surface area contributed by atoms with Crippen molar-refractivity contribution in [2.45, 2.75) is 6.92 Å². The van der Waals surface area contributed by atoms with Crippen LogP contribution in [0.5, 0.6) is 5.75 Å². The van der Waals surface area contributed by atoms with Crippen molar-refractivity contribution in [1.82, 2.24) is 5.43 Å². The van der Waals surface area contributed by atoms with E-state index in [1.807, 2.05) is 31.2 Å². The number of aryl methyl sites for hydroxylation is 1. The molecule has 1 amide bonds. The minimum atomic E-state index is -0.334. The number of hydrogen-bond donors (Lipinski definition) is 1. The lowest BCUT2D eigenvalue weighted by atomic mass is 10.2. The molecule has 0 bridgehead atoms. The van der Waals surface area contributed by atoms with E-state index in [9.17, 15) is 4.79 Å². The van der Waals surface area contributed by atoms with Crippen LogP contribution in [0.15, 0.2) is 52.0 Å². The number of carbonyl (C=O) groups is 1. The van der Waals surface area contributed by atoms with Crippen LogP contribution < -0.4 is 10.2 Å². The SMILES string of the molecule is Cc1cc(OCC(=O)NN=Cc2cccc(Br)c2)ccc1Cl. The summed E-state index contributed by atoms with van der Waals surface area (Å²) in [4.78, 5) is 11.6. The molecule has 0 atom stereocenters. The molecule has 2 aromatic carbocycles. The fourth-order valence-corrected chi connectivity index (χ4v) is 2.19. The Morgan fingerprint density at radius 3 is 2.91 bits per heavy atom. The molecule has 0 aliphatic rings. The Balaban J connectivity index is 1.81. The van der Waals surface area contributed by atoms with E-state index in [2.05, 4.69) is 26.5 Å². The van der Waals surface area contributed by atoms with Crippen molar-refractivity contribution in [1.29, 1.82) is 0 Å². The quantitative estimate of drug-likeness (QED) is 0.630. The number of benzene rings is 2. The molecule has 0 fully saturated rings. The highest BCUT2D eigenvalue weighted by Gasteiger charge is 2.03. The smallest absolute Gasteiger partial charge is 0.277 e. The van der Waals surface area contributed by atoms with Gasteiger partial charge in [0.15, 0.2) is 6.61 Å². The van der Waals surface area contributed by atoms with Crippen LogP contribution in [0, 0.1) is 6.92 Å². The van der Waals surface area contributed by atoms with Crippen LogP contribution in [0.3, 0.4) is 0 Å². The highest BCUT2D eigenvalue weighted by Crippen LogP contribution is 2.20. The first-order valence-corrected chi connectivity index (χ1v) is 7.68.